The minimum absolute atomic E-state index is 0.263. The van der Waals surface area contributed by atoms with E-state index in [1.807, 2.05) is 39.8 Å². The van der Waals surface area contributed by atoms with Crippen LogP contribution in [0, 0.1) is 45.8 Å². The highest BCUT2D eigenvalue weighted by Gasteiger charge is 2.87. The second-order valence-corrected chi connectivity index (χ2v) is 14.6. The first-order valence-electron chi connectivity index (χ1n) is 15.9. The third-order valence-electron chi connectivity index (χ3n) is 12.8. The predicted octanol–water partition coefficient (Wildman–Crippen LogP) is 2.74. The molecule has 4 aliphatic heterocycles. The van der Waals surface area contributed by atoms with E-state index < -0.39 is 70.5 Å². The molecule has 5 fully saturated rings. The van der Waals surface area contributed by atoms with Crippen LogP contribution in [0.1, 0.15) is 47.5 Å². The number of carbonyl (C=O) groups excluding carboxylic acids is 2. The average Bonchev–Trinajstić information content (AvgIpc) is 3.24. The summed E-state index contributed by atoms with van der Waals surface area (Å²) in [7, 11) is 4.68. The van der Waals surface area contributed by atoms with Gasteiger partial charge in [0, 0.05) is 55.8 Å². The molecule has 1 N–H and O–H groups in total. The average molecular weight is 619 g/mol. The molecule has 0 aromatic rings. The molecule has 11 heteroatoms. The highest BCUT2D eigenvalue weighted by molar-refractivity contribution is 5.72. The fourth-order valence-corrected chi connectivity index (χ4v) is 10.4. The molecule has 0 radical (unpaired) electrons. The number of aldehydes is 1. The van der Waals surface area contributed by atoms with Crippen molar-refractivity contribution in [2.75, 3.05) is 27.9 Å². The maximum atomic E-state index is 13.6. The summed E-state index contributed by atoms with van der Waals surface area (Å²) in [6, 6.07) is 0. The van der Waals surface area contributed by atoms with Gasteiger partial charge in [-0.15, -0.1) is 0 Å². The number of ether oxygens (including phenoxy) is 8. The summed E-state index contributed by atoms with van der Waals surface area (Å²) in [4.78, 5) is 27.1. The van der Waals surface area contributed by atoms with Gasteiger partial charge in [0.25, 0.3) is 0 Å². The Morgan fingerprint density at radius 3 is 2.50 bits per heavy atom. The molecule has 0 amide bonds. The van der Waals surface area contributed by atoms with E-state index in [0.29, 0.717) is 19.4 Å². The van der Waals surface area contributed by atoms with Gasteiger partial charge in [-0.05, 0) is 37.5 Å². The van der Waals surface area contributed by atoms with Crippen molar-refractivity contribution in [3.8, 4) is 0 Å². The Morgan fingerprint density at radius 1 is 1.11 bits per heavy atom. The smallest absolute Gasteiger partial charge is 0.309 e. The van der Waals surface area contributed by atoms with E-state index >= 15 is 0 Å². The molecule has 0 bridgehead atoms. The fourth-order valence-electron chi connectivity index (χ4n) is 10.4. The van der Waals surface area contributed by atoms with E-state index in [-0.39, 0.29) is 29.8 Å². The summed E-state index contributed by atoms with van der Waals surface area (Å²) in [5, 5.41) is 12.2. The molecule has 3 aliphatic carbocycles. The zero-order valence-electron chi connectivity index (χ0n) is 26.8. The normalized spacial score (nSPS) is 55.3. The van der Waals surface area contributed by atoms with Crippen molar-refractivity contribution in [2.24, 2.45) is 45.8 Å². The number of carbonyl (C=O) groups is 2. The Kier molecular flexibility index (Phi) is 6.96. The van der Waals surface area contributed by atoms with Gasteiger partial charge in [0.2, 0.25) is 0 Å². The number of epoxide rings is 1. The van der Waals surface area contributed by atoms with Crippen LogP contribution >= 0.6 is 0 Å². The Labute approximate surface area is 258 Å². The van der Waals surface area contributed by atoms with Crippen LogP contribution in [0.15, 0.2) is 23.8 Å². The molecule has 1 unspecified atom stereocenters. The van der Waals surface area contributed by atoms with Crippen molar-refractivity contribution in [1.82, 2.24) is 0 Å². The van der Waals surface area contributed by atoms with Gasteiger partial charge < -0.3 is 47.8 Å². The quantitative estimate of drug-likeness (QED) is 0.177. The molecule has 16 atom stereocenters. The fraction of sp³-hybridized carbons (Fsp3) is 0.818. The van der Waals surface area contributed by atoms with Gasteiger partial charge in [-0.25, -0.2) is 0 Å². The molecule has 3 saturated heterocycles. The summed E-state index contributed by atoms with van der Waals surface area (Å²) < 4.78 is 49.3. The lowest BCUT2D eigenvalue weighted by molar-refractivity contribution is -0.262. The maximum absolute atomic E-state index is 13.6. The molecular formula is C33H46O11. The molecule has 0 spiro atoms. The van der Waals surface area contributed by atoms with Crippen molar-refractivity contribution in [2.45, 2.75) is 96.0 Å². The highest BCUT2D eigenvalue weighted by Crippen LogP contribution is 2.77. The Morgan fingerprint density at radius 2 is 1.86 bits per heavy atom. The Balaban J connectivity index is 1.40. The SMILES string of the molecule is CCC(C)C(=O)O[C@@H]1[C@@H]2OC[C@]3(C)C=C[C@]4(O)O[C@@H](OC)[C@H]([C@@H]1[C@@]15O[C@@H]1C[C@@H](C1=C[C@H](OC)O[C@@H]1OC)[C@]5(C)C=O)[C@]4(C)[C@@H]23. The number of methoxy groups -OCH3 is 3. The number of hydrogen-bond donors (Lipinski definition) is 1. The summed E-state index contributed by atoms with van der Waals surface area (Å²) in [6.45, 7) is 10.2. The third kappa shape index (κ3) is 3.56. The van der Waals surface area contributed by atoms with Gasteiger partial charge in [0.05, 0.1) is 30.1 Å². The van der Waals surface area contributed by atoms with Crippen molar-refractivity contribution in [1.29, 1.82) is 0 Å². The molecule has 11 nitrogen and oxygen atoms in total. The first kappa shape index (κ1) is 30.9. The molecule has 244 valence electrons. The number of aliphatic hydroxyl groups is 1. The summed E-state index contributed by atoms with van der Waals surface area (Å²) in [5.74, 6) is -4.02. The minimum Gasteiger partial charge on any atom is -0.459 e. The van der Waals surface area contributed by atoms with Gasteiger partial charge in [0.1, 0.15) is 18.0 Å². The number of hydrogen-bond acceptors (Lipinski definition) is 11. The van der Waals surface area contributed by atoms with Crippen molar-refractivity contribution in [3.63, 3.8) is 0 Å². The third-order valence-corrected chi connectivity index (χ3v) is 12.8. The highest BCUT2D eigenvalue weighted by atomic mass is 16.8. The molecule has 2 saturated carbocycles. The molecule has 7 aliphatic rings. The van der Waals surface area contributed by atoms with Crippen molar-refractivity contribution in [3.05, 3.63) is 23.8 Å². The largest absolute Gasteiger partial charge is 0.459 e. The van der Waals surface area contributed by atoms with Gasteiger partial charge in [-0.1, -0.05) is 33.8 Å². The first-order valence-corrected chi connectivity index (χ1v) is 15.9. The van der Waals surface area contributed by atoms with Crippen molar-refractivity contribution < 1.29 is 52.6 Å². The number of rotatable bonds is 9. The standard InChI is InChI=1S/C33H46O11/c1-9-16(2)26(35)42-23-21(22-28(39-8)44-32(36)11-10-29(3)15-40-24(23)25(29)31(22,32)5)33-19(43-33)13-18(30(33,4)14-34)17-12-20(37-6)41-27(17)38-7/h10-12,14,16,18-25,27-28,36H,9,13,15H2,1-8H3/t16?,18-,19+,20+,21-,22-,23-,24-,25-,27-,28+,29-,30-,31+,32-,33-/m0/s1. The molecule has 0 aromatic heterocycles. The molecule has 7 rings (SSSR count). The van der Waals surface area contributed by atoms with E-state index in [1.54, 1.807) is 27.4 Å². The summed E-state index contributed by atoms with van der Waals surface area (Å²) in [6.07, 6.45) is 3.88. The predicted molar refractivity (Wildman–Crippen MR) is 152 cm³/mol. The molecule has 0 aromatic carbocycles. The monoisotopic (exact) mass is 618 g/mol. The van der Waals surface area contributed by atoms with E-state index in [4.69, 9.17) is 37.9 Å². The lowest BCUT2D eigenvalue weighted by Gasteiger charge is -2.60. The van der Waals surface area contributed by atoms with Crippen LogP contribution in [-0.2, 0) is 47.5 Å². The van der Waals surface area contributed by atoms with Crippen LogP contribution in [0.2, 0.25) is 0 Å². The first-order chi connectivity index (χ1) is 20.8. The summed E-state index contributed by atoms with van der Waals surface area (Å²) >= 11 is 0. The van der Waals surface area contributed by atoms with E-state index in [9.17, 15) is 14.7 Å². The van der Waals surface area contributed by atoms with Gasteiger partial charge in [-0.2, -0.15) is 0 Å². The van der Waals surface area contributed by atoms with Crippen LogP contribution in [0.4, 0.5) is 0 Å². The number of fused-ring (bicyclic) bond motifs is 1. The zero-order valence-corrected chi connectivity index (χ0v) is 26.8. The van der Waals surface area contributed by atoms with E-state index in [1.165, 1.54) is 0 Å². The Hall–Kier alpha value is -1.70. The van der Waals surface area contributed by atoms with Crippen LogP contribution in [-0.4, -0.2) is 93.9 Å². The summed E-state index contributed by atoms with van der Waals surface area (Å²) in [5.41, 5.74) is -2.70. The lowest BCUT2D eigenvalue weighted by Crippen LogP contribution is -2.70. The van der Waals surface area contributed by atoms with Gasteiger partial charge in [-0.3, -0.25) is 4.79 Å². The zero-order chi connectivity index (χ0) is 31.6. The molecular weight excluding hydrogens is 572 g/mol. The van der Waals surface area contributed by atoms with Crippen LogP contribution in [0.3, 0.4) is 0 Å². The van der Waals surface area contributed by atoms with Gasteiger partial charge >= 0.3 is 5.97 Å². The van der Waals surface area contributed by atoms with Crippen LogP contribution < -0.4 is 0 Å². The molecule has 4 heterocycles. The number of esters is 1. The van der Waals surface area contributed by atoms with Crippen LogP contribution in [0.25, 0.3) is 0 Å². The van der Waals surface area contributed by atoms with E-state index in [2.05, 4.69) is 6.92 Å². The second kappa shape index (κ2) is 9.90. The minimum atomic E-state index is -1.66. The molecule has 44 heavy (non-hydrogen) atoms. The van der Waals surface area contributed by atoms with Crippen molar-refractivity contribution >= 4 is 12.3 Å². The van der Waals surface area contributed by atoms with Gasteiger partial charge in [0.15, 0.2) is 24.7 Å². The maximum Gasteiger partial charge on any atom is 0.309 e. The lowest BCUT2D eigenvalue weighted by atomic mass is 9.43. The van der Waals surface area contributed by atoms with Crippen LogP contribution in [0.5, 0.6) is 0 Å². The Bertz CT molecular complexity index is 1280. The second-order valence-electron chi connectivity index (χ2n) is 14.6. The van der Waals surface area contributed by atoms with E-state index in [0.717, 1.165) is 11.9 Å². The topological polar surface area (TPSA) is 132 Å².